The molecule has 3 aliphatic rings. The van der Waals surface area contributed by atoms with E-state index in [2.05, 4.69) is 11.9 Å². The molecule has 25 heavy (non-hydrogen) atoms. The van der Waals surface area contributed by atoms with Gasteiger partial charge >= 0.3 is 6.02 Å². The molecule has 0 bridgehead atoms. The van der Waals surface area contributed by atoms with E-state index in [-0.39, 0.29) is 17.1 Å². The fourth-order valence-electron chi connectivity index (χ4n) is 4.51. The number of hydrogen-bond acceptors (Lipinski definition) is 5. The summed E-state index contributed by atoms with van der Waals surface area (Å²) in [6.07, 6.45) is 3.68. The first-order chi connectivity index (χ1) is 11.9. The molecule has 4 rings (SSSR count). The number of hydrogen-bond donors (Lipinski definition) is 1. The lowest BCUT2D eigenvalue weighted by Gasteiger charge is -2.52. The van der Waals surface area contributed by atoms with Crippen molar-refractivity contribution in [2.45, 2.75) is 25.3 Å². The molecule has 2 heterocycles. The van der Waals surface area contributed by atoms with Crippen LogP contribution in [0.25, 0.3) is 0 Å². The maximum absolute atomic E-state index is 10.1. The smallest absolute Gasteiger partial charge is 0.314 e. The van der Waals surface area contributed by atoms with E-state index in [0.717, 1.165) is 25.0 Å². The molecule has 0 radical (unpaired) electrons. The Morgan fingerprint density at radius 1 is 1.40 bits per heavy atom. The first-order valence-corrected chi connectivity index (χ1v) is 8.76. The Morgan fingerprint density at radius 2 is 2.24 bits per heavy atom. The SMILES string of the molecule is CN(C)C=NC1=NC2(CO1)c1cc(O)ccc1C[C@]1(C)CCOCC21. The van der Waals surface area contributed by atoms with Crippen molar-refractivity contribution in [2.24, 2.45) is 21.3 Å². The first kappa shape index (κ1) is 16.4. The van der Waals surface area contributed by atoms with Crippen LogP contribution in [0.1, 0.15) is 24.5 Å². The average molecular weight is 343 g/mol. The maximum Gasteiger partial charge on any atom is 0.314 e. The molecule has 1 spiro atoms. The van der Waals surface area contributed by atoms with Crippen molar-refractivity contribution in [2.75, 3.05) is 33.9 Å². The summed E-state index contributed by atoms with van der Waals surface area (Å²) in [6, 6.07) is 6.03. The summed E-state index contributed by atoms with van der Waals surface area (Å²) in [5.41, 5.74) is 1.86. The molecular weight excluding hydrogens is 318 g/mol. The minimum absolute atomic E-state index is 0.107. The molecule has 3 atom stereocenters. The van der Waals surface area contributed by atoms with Crippen molar-refractivity contribution in [1.82, 2.24) is 4.90 Å². The van der Waals surface area contributed by atoms with Crippen molar-refractivity contribution in [1.29, 1.82) is 0 Å². The van der Waals surface area contributed by atoms with Crippen molar-refractivity contribution < 1.29 is 14.6 Å². The third-order valence-electron chi connectivity index (χ3n) is 5.79. The summed E-state index contributed by atoms with van der Waals surface area (Å²) >= 11 is 0. The number of phenols is 1. The number of phenolic OH excluding ortho intramolecular Hbond substituents is 1. The van der Waals surface area contributed by atoms with Crippen LogP contribution in [0.5, 0.6) is 5.75 Å². The molecular formula is C19H25N3O3. The predicted octanol–water partition coefficient (Wildman–Crippen LogP) is 2.16. The van der Waals surface area contributed by atoms with Crippen LogP contribution in [-0.2, 0) is 21.4 Å². The van der Waals surface area contributed by atoms with Gasteiger partial charge < -0.3 is 19.5 Å². The zero-order valence-electron chi connectivity index (χ0n) is 15.0. The van der Waals surface area contributed by atoms with Gasteiger partial charge in [-0.15, -0.1) is 0 Å². The summed E-state index contributed by atoms with van der Waals surface area (Å²) in [4.78, 5) is 11.1. The summed E-state index contributed by atoms with van der Waals surface area (Å²) in [5, 5.41) is 10.1. The Hall–Kier alpha value is -2.08. The summed E-state index contributed by atoms with van der Waals surface area (Å²) in [5.74, 6) is 0.467. The zero-order valence-corrected chi connectivity index (χ0v) is 15.0. The third-order valence-corrected chi connectivity index (χ3v) is 5.79. The molecule has 2 unspecified atom stereocenters. The van der Waals surface area contributed by atoms with Crippen LogP contribution >= 0.6 is 0 Å². The van der Waals surface area contributed by atoms with Crippen molar-refractivity contribution in [3.8, 4) is 5.75 Å². The van der Waals surface area contributed by atoms with Gasteiger partial charge in [0.1, 0.15) is 17.9 Å². The molecule has 1 fully saturated rings. The number of amidine groups is 1. The molecule has 1 aromatic rings. The Labute approximate surface area is 148 Å². The largest absolute Gasteiger partial charge is 0.508 e. The highest BCUT2D eigenvalue weighted by Crippen LogP contribution is 2.56. The number of aliphatic imine (C=N–C) groups is 2. The number of ether oxygens (including phenoxy) is 2. The van der Waals surface area contributed by atoms with E-state index >= 15 is 0 Å². The predicted molar refractivity (Wildman–Crippen MR) is 96.1 cm³/mol. The van der Waals surface area contributed by atoms with Crippen molar-refractivity contribution in [3.05, 3.63) is 29.3 Å². The highest BCUT2D eigenvalue weighted by atomic mass is 16.5. The fraction of sp³-hybridized carbons (Fsp3) is 0.579. The van der Waals surface area contributed by atoms with Crippen LogP contribution in [0.2, 0.25) is 0 Å². The van der Waals surface area contributed by atoms with Gasteiger partial charge in [-0.2, -0.15) is 4.99 Å². The third kappa shape index (κ3) is 2.59. The van der Waals surface area contributed by atoms with Gasteiger partial charge in [-0.25, -0.2) is 4.99 Å². The monoisotopic (exact) mass is 343 g/mol. The second-order valence-corrected chi connectivity index (χ2v) is 7.87. The second-order valence-electron chi connectivity index (χ2n) is 7.87. The Morgan fingerprint density at radius 3 is 3.04 bits per heavy atom. The zero-order chi connectivity index (χ0) is 17.7. The highest BCUT2D eigenvalue weighted by Gasteiger charge is 2.58. The molecule has 0 amide bonds. The quantitative estimate of drug-likeness (QED) is 0.627. The van der Waals surface area contributed by atoms with E-state index in [0.29, 0.717) is 19.2 Å². The van der Waals surface area contributed by atoms with Crippen LogP contribution in [0.4, 0.5) is 0 Å². The molecule has 1 aromatic carbocycles. The number of nitrogens with zero attached hydrogens (tertiary/aromatic N) is 3. The Bertz CT molecular complexity index is 745. The molecule has 6 nitrogen and oxygen atoms in total. The van der Waals surface area contributed by atoms with Gasteiger partial charge in [0.25, 0.3) is 0 Å². The van der Waals surface area contributed by atoms with Gasteiger partial charge in [0, 0.05) is 26.6 Å². The summed E-state index contributed by atoms with van der Waals surface area (Å²) < 4.78 is 11.7. The topological polar surface area (TPSA) is 66.7 Å². The molecule has 2 aliphatic heterocycles. The van der Waals surface area contributed by atoms with E-state index in [1.807, 2.05) is 31.1 Å². The number of aromatic hydroxyl groups is 1. The molecule has 0 saturated carbocycles. The minimum Gasteiger partial charge on any atom is -0.508 e. The van der Waals surface area contributed by atoms with Gasteiger partial charge in [-0.05, 0) is 41.5 Å². The standard InChI is InChI=1S/C19H25N3O3/c1-18-6-7-24-10-16(18)19(11-25-17(21-19)20-12-22(2)3)15-8-14(23)5-4-13(15)9-18/h4-5,8,12,16,23H,6-7,9-11H2,1-3H3/t16?,18-,19?/m0/s1. The maximum atomic E-state index is 10.1. The van der Waals surface area contributed by atoms with Gasteiger partial charge in [-0.3, -0.25) is 0 Å². The van der Waals surface area contributed by atoms with Crippen LogP contribution in [-0.4, -0.2) is 56.3 Å². The molecule has 6 heteroatoms. The van der Waals surface area contributed by atoms with E-state index in [4.69, 9.17) is 14.5 Å². The van der Waals surface area contributed by atoms with Crippen LogP contribution in [0.3, 0.4) is 0 Å². The van der Waals surface area contributed by atoms with Crippen LogP contribution in [0.15, 0.2) is 28.2 Å². The van der Waals surface area contributed by atoms with Crippen molar-refractivity contribution in [3.63, 3.8) is 0 Å². The number of fused-ring (bicyclic) bond motifs is 4. The van der Waals surface area contributed by atoms with Crippen molar-refractivity contribution >= 4 is 12.4 Å². The number of benzene rings is 1. The van der Waals surface area contributed by atoms with Gasteiger partial charge in [0.2, 0.25) is 0 Å². The lowest BCUT2D eigenvalue weighted by molar-refractivity contribution is -0.0792. The molecule has 1 saturated heterocycles. The lowest BCUT2D eigenvalue weighted by Crippen LogP contribution is -2.54. The summed E-state index contributed by atoms with van der Waals surface area (Å²) in [6.45, 7) is 4.21. The van der Waals surface area contributed by atoms with Gasteiger partial charge in [-0.1, -0.05) is 13.0 Å². The molecule has 1 aliphatic carbocycles. The fourth-order valence-corrected chi connectivity index (χ4v) is 4.51. The summed E-state index contributed by atoms with van der Waals surface area (Å²) in [7, 11) is 3.82. The average Bonchev–Trinajstić information content (AvgIpc) is 2.99. The van der Waals surface area contributed by atoms with Crippen LogP contribution in [0, 0.1) is 11.3 Å². The Balaban J connectivity index is 1.85. The van der Waals surface area contributed by atoms with Gasteiger partial charge in [0.05, 0.1) is 12.9 Å². The lowest BCUT2D eigenvalue weighted by atomic mass is 9.56. The number of rotatable bonds is 1. The second kappa shape index (κ2) is 5.73. The normalized spacial score (nSPS) is 33.7. The van der Waals surface area contributed by atoms with Gasteiger partial charge in [0.15, 0.2) is 0 Å². The first-order valence-electron chi connectivity index (χ1n) is 8.76. The van der Waals surface area contributed by atoms with E-state index in [1.54, 1.807) is 12.4 Å². The molecule has 134 valence electrons. The van der Waals surface area contributed by atoms with Crippen LogP contribution < -0.4 is 0 Å². The molecule has 1 N–H and O–H groups in total. The van der Waals surface area contributed by atoms with E-state index in [1.165, 1.54) is 5.56 Å². The minimum atomic E-state index is -0.541. The van der Waals surface area contributed by atoms with E-state index in [9.17, 15) is 5.11 Å². The Kier molecular flexibility index (Phi) is 3.76. The molecule has 0 aromatic heterocycles. The highest BCUT2D eigenvalue weighted by molar-refractivity contribution is 5.84. The van der Waals surface area contributed by atoms with E-state index < -0.39 is 5.54 Å².